The molecular formula is C48H85NO11P+. The Labute approximate surface area is 369 Å². The molecule has 0 aromatic heterocycles. The average molecular weight is 883 g/mol. The summed E-state index contributed by atoms with van der Waals surface area (Å²) in [6, 6.07) is 0. The molecule has 0 radical (unpaired) electrons. The molecule has 0 aliphatic rings. The molecule has 0 aromatic rings. The summed E-state index contributed by atoms with van der Waals surface area (Å²) in [5, 5.41) is 30.6. The van der Waals surface area contributed by atoms with Crippen LogP contribution in [0.3, 0.4) is 0 Å². The Morgan fingerprint density at radius 3 is 1.82 bits per heavy atom. The molecule has 0 fully saturated rings. The van der Waals surface area contributed by atoms with Crippen molar-refractivity contribution < 1.29 is 57.4 Å². The first-order valence-electron chi connectivity index (χ1n) is 23.0. The molecule has 5 atom stereocenters. The van der Waals surface area contributed by atoms with Crippen LogP contribution < -0.4 is 0 Å². The van der Waals surface area contributed by atoms with Crippen molar-refractivity contribution in [3.05, 3.63) is 72.9 Å². The molecule has 0 saturated heterocycles. The summed E-state index contributed by atoms with van der Waals surface area (Å²) in [7, 11) is 1.24. The molecule has 0 heterocycles. The second kappa shape index (κ2) is 39.0. The van der Waals surface area contributed by atoms with Gasteiger partial charge < -0.3 is 34.2 Å². The molecule has 4 N–H and O–H groups in total. The number of aliphatic hydroxyl groups is 3. The molecule has 0 aliphatic heterocycles. The standard InChI is InChI=1S/C48H84NO11P/c1-6-8-10-11-12-13-14-15-16-17-18-19-20-21-22-27-31-37-47(53)57-41-44(42-59-61(55,56)58-40-39-49(3,4)5)60-48(54)38-32-36-46(52)45(51)35-30-26-24-23-25-29-34-43(50)33-28-9-7-2/h12-13,15-16,23-26,29-30,34-35,43-46,50-52H,6-11,14,17-22,27-28,31-33,36-42H2,1-5H3/p+1/b13-12-,16-15-,25-23-,26-24+,34-29+,35-30+/t43-,44+,45-,46-/m0/s1. The summed E-state index contributed by atoms with van der Waals surface area (Å²) in [4.78, 5) is 35.5. The maximum Gasteiger partial charge on any atom is 0.472 e. The van der Waals surface area contributed by atoms with E-state index in [1.54, 1.807) is 42.5 Å². The van der Waals surface area contributed by atoms with Crippen LogP contribution in [0.5, 0.6) is 0 Å². The molecular weight excluding hydrogens is 797 g/mol. The monoisotopic (exact) mass is 883 g/mol. The molecule has 0 aliphatic carbocycles. The number of aliphatic hydroxyl groups excluding tert-OH is 3. The van der Waals surface area contributed by atoms with Crippen molar-refractivity contribution in [2.75, 3.05) is 47.5 Å². The van der Waals surface area contributed by atoms with Crippen LogP contribution in [-0.4, -0.2) is 109 Å². The highest BCUT2D eigenvalue weighted by Crippen LogP contribution is 2.43. The van der Waals surface area contributed by atoms with E-state index in [1.165, 1.54) is 44.6 Å². The van der Waals surface area contributed by atoms with Gasteiger partial charge in [0.05, 0.1) is 46.1 Å². The van der Waals surface area contributed by atoms with Gasteiger partial charge in [0.2, 0.25) is 0 Å². The second-order valence-electron chi connectivity index (χ2n) is 16.6. The van der Waals surface area contributed by atoms with E-state index in [2.05, 4.69) is 38.2 Å². The minimum absolute atomic E-state index is 0.0369. The zero-order valence-corrected chi connectivity index (χ0v) is 39.4. The first kappa shape index (κ1) is 58.3. The van der Waals surface area contributed by atoms with E-state index in [0.29, 0.717) is 17.4 Å². The van der Waals surface area contributed by atoms with Crippen LogP contribution in [0.1, 0.15) is 149 Å². The van der Waals surface area contributed by atoms with Gasteiger partial charge in [0.1, 0.15) is 19.8 Å². The van der Waals surface area contributed by atoms with Gasteiger partial charge in [-0.05, 0) is 57.8 Å². The molecule has 0 bridgehead atoms. The molecule has 1 unspecified atom stereocenters. The molecule has 0 aromatic carbocycles. The number of carbonyl (C=O) groups excluding carboxylic acids is 2. The van der Waals surface area contributed by atoms with Crippen LogP contribution in [0.4, 0.5) is 0 Å². The average Bonchev–Trinajstić information content (AvgIpc) is 3.20. The van der Waals surface area contributed by atoms with Crippen molar-refractivity contribution in [1.29, 1.82) is 0 Å². The van der Waals surface area contributed by atoms with Crippen molar-refractivity contribution in [1.82, 2.24) is 0 Å². The Kier molecular flexibility index (Phi) is 37.3. The van der Waals surface area contributed by atoms with Gasteiger partial charge >= 0.3 is 19.8 Å². The fraction of sp³-hybridized carbons (Fsp3) is 0.708. The van der Waals surface area contributed by atoms with Gasteiger partial charge in [0.25, 0.3) is 0 Å². The highest BCUT2D eigenvalue weighted by molar-refractivity contribution is 7.47. The fourth-order valence-electron chi connectivity index (χ4n) is 5.78. The van der Waals surface area contributed by atoms with Gasteiger partial charge in [-0.3, -0.25) is 18.6 Å². The number of nitrogens with zero attached hydrogens (tertiary/aromatic N) is 1. The van der Waals surface area contributed by atoms with E-state index in [1.807, 2.05) is 21.1 Å². The summed E-state index contributed by atoms with van der Waals surface area (Å²) >= 11 is 0. The van der Waals surface area contributed by atoms with E-state index in [0.717, 1.165) is 64.2 Å². The molecule has 0 rings (SSSR count). The largest absolute Gasteiger partial charge is 0.472 e. The number of quaternary nitrogens is 1. The lowest BCUT2D eigenvalue weighted by Gasteiger charge is -2.24. The van der Waals surface area contributed by atoms with Crippen LogP contribution in [-0.2, 0) is 32.7 Å². The molecule has 61 heavy (non-hydrogen) atoms. The Morgan fingerprint density at radius 2 is 1.18 bits per heavy atom. The van der Waals surface area contributed by atoms with Crippen molar-refractivity contribution in [3.63, 3.8) is 0 Å². The van der Waals surface area contributed by atoms with Crippen molar-refractivity contribution >= 4 is 19.8 Å². The number of carbonyl (C=O) groups is 2. The minimum Gasteiger partial charge on any atom is -0.462 e. The Bertz CT molecular complexity index is 1320. The number of ether oxygens (including phenoxy) is 2. The number of phosphoric acid groups is 1. The second-order valence-corrected chi connectivity index (χ2v) is 18.1. The fourth-order valence-corrected chi connectivity index (χ4v) is 6.52. The van der Waals surface area contributed by atoms with Crippen molar-refractivity contribution in [3.8, 4) is 0 Å². The molecule has 13 heteroatoms. The van der Waals surface area contributed by atoms with E-state index >= 15 is 0 Å². The number of allylic oxidation sites excluding steroid dienone is 10. The Morgan fingerprint density at radius 1 is 0.623 bits per heavy atom. The van der Waals surface area contributed by atoms with E-state index in [-0.39, 0.29) is 38.9 Å². The SMILES string of the molecule is CCCCC/C=C\C/C=C\CCCCCCCCCC(=O)OC[C@H](COP(=O)(O)OCC[N+](C)(C)C)OC(=O)CCC[C@H](O)[C@@H](O)/C=C/C=C/C=C\C=C\[C@@H](O)CCCCC. The van der Waals surface area contributed by atoms with Crippen molar-refractivity contribution in [2.45, 2.75) is 173 Å². The minimum atomic E-state index is -4.48. The van der Waals surface area contributed by atoms with Gasteiger partial charge in [0, 0.05) is 12.8 Å². The molecule has 0 saturated carbocycles. The number of esters is 2. The lowest BCUT2D eigenvalue weighted by atomic mass is 10.1. The number of hydrogen-bond donors (Lipinski definition) is 4. The van der Waals surface area contributed by atoms with E-state index in [9.17, 15) is 34.4 Å². The van der Waals surface area contributed by atoms with Crippen molar-refractivity contribution in [2.24, 2.45) is 0 Å². The van der Waals surface area contributed by atoms with Gasteiger partial charge in [-0.2, -0.15) is 0 Å². The summed E-state index contributed by atoms with van der Waals surface area (Å²) in [6.07, 6.45) is 37.4. The third-order valence-corrected chi connectivity index (χ3v) is 10.6. The predicted octanol–water partition coefficient (Wildman–Crippen LogP) is 9.93. The number of likely N-dealkylation sites (N-methyl/N-ethyl adjacent to an activating group) is 1. The van der Waals surface area contributed by atoms with Gasteiger partial charge in [-0.15, -0.1) is 0 Å². The summed E-state index contributed by atoms with van der Waals surface area (Å²) < 4.78 is 34.0. The first-order chi connectivity index (χ1) is 29.2. The number of rotatable bonds is 40. The Balaban J connectivity index is 4.69. The summed E-state index contributed by atoms with van der Waals surface area (Å²) in [5.74, 6) is -1.14. The van der Waals surface area contributed by atoms with Crippen LogP contribution >= 0.6 is 7.82 Å². The third-order valence-electron chi connectivity index (χ3n) is 9.58. The summed E-state index contributed by atoms with van der Waals surface area (Å²) in [6.45, 7) is 3.86. The van der Waals surface area contributed by atoms with Crippen LogP contribution in [0.25, 0.3) is 0 Å². The maximum atomic E-state index is 12.7. The summed E-state index contributed by atoms with van der Waals surface area (Å²) in [5.41, 5.74) is 0. The highest BCUT2D eigenvalue weighted by Gasteiger charge is 2.27. The molecule has 0 spiro atoms. The van der Waals surface area contributed by atoms with Gasteiger partial charge in [0.15, 0.2) is 6.10 Å². The number of unbranched alkanes of at least 4 members (excludes halogenated alkanes) is 12. The quantitative estimate of drug-likeness (QED) is 0.0115. The Hall–Kier alpha value is -2.67. The van der Waals surface area contributed by atoms with Gasteiger partial charge in [-0.1, -0.05) is 151 Å². The normalized spacial score (nSPS) is 15.8. The van der Waals surface area contributed by atoms with Crippen LogP contribution in [0.15, 0.2) is 72.9 Å². The number of phosphoric ester groups is 1. The zero-order chi connectivity index (χ0) is 45.5. The maximum absolute atomic E-state index is 12.7. The van der Waals surface area contributed by atoms with Crippen LogP contribution in [0, 0.1) is 0 Å². The molecule has 12 nitrogen and oxygen atoms in total. The predicted molar refractivity (Wildman–Crippen MR) is 247 cm³/mol. The van der Waals surface area contributed by atoms with Gasteiger partial charge in [-0.25, -0.2) is 4.57 Å². The molecule has 352 valence electrons. The smallest absolute Gasteiger partial charge is 0.462 e. The number of hydrogen-bond acceptors (Lipinski definition) is 10. The van der Waals surface area contributed by atoms with Crippen LogP contribution in [0.2, 0.25) is 0 Å². The first-order valence-corrected chi connectivity index (χ1v) is 24.5. The zero-order valence-electron chi connectivity index (χ0n) is 38.5. The third kappa shape index (κ3) is 41.1. The molecule has 0 amide bonds. The highest BCUT2D eigenvalue weighted by atomic mass is 31.2. The van der Waals surface area contributed by atoms with E-state index in [4.69, 9.17) is 18.5 Å². The topological polar surface area (TPSA) is 169 Å². The van der Waals surface area contributed by atoms with E-state index < -0.39 is 50.8 Å². The lowest BCUT2D eigenvalue weighted by Crippen LogP contribution is -2.37. The lowest BCUT2D eigenvalue weighted by molar-refractivity contribution is -0.870.